The van der Waals surface area contributed by atoms with E-state index in [-0.39, 0.29) is 23.1 Å². The van der Waals surface area contributed by atoms with Crippen molar-refractivity contribution in [2.75, 3.05) is 24.2 Å². The molecule has 6 heteroatoms. The van der Waals surface area contributed by atoms with Crippen LogP contribution in [0.3, 0.4) is 0 Å². The summed E-state index contributed by atoms with van der Waals surface area (Å²) in [5, 5.41) is 23.0. The van der Waals surface area contributed by atoms with Crippen LogP contribution in [-0.4, -0.2) is 28.9 Å². The maximum atomic E-state index is 10.8. The van der Waals surface area contributed by atoms with Crippen molar-refractivity contribution in [3.63, 3.8) is 0 Å². The molecule has 1 rings (SSSR count). The molecule has 0 saturated carbocycles. The minimum absolute atomic E-state index is 0.118. The van der Waals surface area contributed by atoms with Crippen LogP contribution in [0.15, 0.2) is 18.2 Å². The van der Waals surface area contributed by atoms with Crippen LogP contribution >= 0.6 is 11.8 Å². The Balaban J connectivity index is 2.76. The van der Waals surface area contributed by atoms with E-state index in [4.69, 9.17) is 5.11 Å². The molecule has 19 heavy (non-hydrogen) atoms. The highest BCUT2D eigenvalue weighted by Gasteiger charge is 2.11. The smallest absolute Gasteiger partial charge is 0.269 e. The van der Waals surface area contributed by atoms with Gasteiger partial charge in [-0.2, -0.15) is 11.8 Å². The summed E-state index contributed by atoms with van der Waals surface area (Å²) >= 11 is 1.68. The summed E-state index contributed by atoms with van der Waals surface area (Å²) in [6.07, 6.45) is 0. The van der Waals surface area contributed by atoms with Gasteiger partial charge >= 0.3 is 0 Å². The molecule has 0 fully saturated rings. The number of nitrogens with one attached hydrogen (secondary N) is 1. The molecule has 1 atom stereocenters. The minimum atomic E-state index is -0.375. The van der Waals surface area contributed by atoms with Crippen LogP contribution in [0.2, 0.25) is 0 Å². The van der Waals surface area contributed by atoms with Gasteiger partial charge in [-0.15, -0.1) is 0 Å². The van der Waals surface area contributed by atoms with Crippen molar-refractivity contribution in [2.24, 2.45) is 5.92 Å². The molecule has 0 heterocycles. The molecular weight excluding hydrogens is 264 g/mol. The molecule has 0 spiro atoms. The molecular formula is C13H20N2O3S. The third kappa shape index (κ3) is 5.08. The summed E-state index contributed by atoms with van der Waals surface area (Å²) in [5.74, 6) is 1.78. The second-order valence-corrected chi connectivity index (χ2v) is 5.46. The lowest BCUT2D eigenvalue weighted by Crippen LogP contribution is -2.05. The van der Waals surface area contributed by atoms with E-state index in [1.54, 1.807) is 23.9 Å². The van der Waals surface area contributed by atoms with Crippen LogP contribution in [0, 0.1) is 16.0 Å². The fraction of sp³-hybridized carbons (Fsp3) is 0.538. The molecule has 0 aromatic heterocycles. The standard InChI is InChI=1S/C13H20N2O3S/c1-3-14-13-5-4-12(15(17)18)6-11(13)9-19-8-10(2)7-16/h4-6,10,14,16H,3,7-9H2,1-2H3. The summed E-state index contributed by atoms with van der Waals surface area (Å²) < 4.78 is 0. The normalized spacial score (nSPS) is 12.2. The SMILES string of the molecule is CCNc1ccc([N+](=O)[O-])cc1CSCC(C)CO. The molecule has 5 nitrogen and oxygen atoms in total. The van der Waals surface area contributed by atoms with Gasteiger partial charge in [0.15, 0.2) is 0 Å². The van der Waals surface area contributed by atoms with Crippen molar-refractivity contribution in [3.05, 3.63) is 33.9 Å². The number of rotatable bonds is 8. The fourth-order valence-electron chi connectivity index (χ4n) is 1.60. The van der Waals surface area contributed by atoms with E-state index in [1.165, 1.54) is 6.07 Å². The lowest BCUT2D eigenvalue weighted by Gasteiger charge is -2.12. The first-order chi connectivity index (χ1) is 9.08. The topological polar surface area (TPSA) is 75.4 Å². The van der Waals surface area contributed by atoms with Crippen molar-refractivity contribution in [3.8, 4) is 0 Å². The van der Waals surface area contributed by atoms with E-state index < -0.39 is 0 Å². The van der Waals surface area contributed by atoms with Crippen LogP contribution in [0.4, 0.5) is 11.4 Å². The van der Waals surface area contributed by atoms with Gasteiger partial charge in [-0.1, -0.05) is 6.92 Å². The summed E-state index contributed by atoms with van der Waals surface area (Å²) in [6.45, 7) is 4.92. The third-order valence-electron chi connectivity index (χ3n) is 2.64. The van der Waals surface area contributed by atoms with Gasteiger partial charge in [-0.3, -0.25) is 10.1 Å². The van der Waals surface area contributed by atoms with Gasteiger partial charge < -0.3 is 10.4 Å². The largest absolute Gasteiger partial charge is 0.396 e. The van der Waals surface area contributed by atoms with Crippen molar-refractivity contribution in [2.45, 2.75) is 19.6 Å². The quantitative estimate of drug-likeness (QED) is 0.567. The number of aliphatic hydroxyl groups excluding tert-OH is 1. The maximum absolute atomic E-state index is 10.8. The number of hydrogen-bond donors (Lipinski definition) is 2. The van der Waals surface area contributed by atoms with Gasteiger partial charge in [0.25, 0.3) is 5.69 Å². The third-order valence-corrected chi connectivity index (χ3v) is 3.96. The predicted molar refractivity (Wildman–Crippen MR) is 79.7 cm³/mol. The molecule has 0 saturated heterocycles. The number of non-ortho nitro benzene ring substituents is 1. The van der Waals surface area contributed by atoms with Gasteiger partial charge in [0.2, 0.25) is 0 Å². The molecule has 0 amide bonds. The minimum Gasteiger partial charge on any atom is -0.396 e. The molecule has 0 aliphatic heterocycles. The molecule has 0 radical (unpaired) electrons. The van der Waals surface area contributed by atoms with Gasteiger partial charge in [0.1, 0.15) is 0 Å². The highest BCUT2D eigenvalue weighted by atomic mass is 32.2. The Labute approximate surface area is 117 Å². The van der Waals surface area contributed by atoms with Crippen LogP contribution in [0.25, 0.3) is 0 Å². The average molecular weight is 284 g/mol. The number of nitro groups is 1. The van der Waals surface area contributed by atoms with E-state index in [1.807, 2.05) is 13.8 Å². The highest BCUT2D eigenvalue weighted by Crippen LogP contribution is 2.26. The van der Waals surface area contributed by atoms with Crippen molar-refractivity contribution < 1.29 is 10.0 Å². The van der Waals surface area contributed by atoms with Gasteiger partial charge in [0, 0.05) is 36.7 Å². The molecule has 1 aromatic rings. The van der Waals surface area contributed by atoms with Gasteiger partial charge in [0.05, 0.1) is 4.92 Å². The highest BCUT2D eigenvalue weighted by molar-refractivity contribution is 7.98. The Kier molecular flexibility index (Phi) is 6.66. The number of anilines is 1. The van der Waals surface area contributed by atoms with E-state index in [2.05, 4.69) is 5.32 Å². The van der Waals surface area contributed by atoms with Crippen molar-refractivity contribution in [1.82, 2.24) is 0 Å². The van der Waals surface area contributed by atoms with Crippen LogP contribution < -0.4 is 5.32 Å². The first kappa shape index (κ1) is 15.8. The number of hydrogen-bond acceptors (Lipinski definition) is 5. The van der Waals surface area contributed by atoms with Crippen molar-refractivity contribution in [1.29, 1.82) is 0 Å². The monoisotopic (exact) mass is 284 g/mol. The van der Waals surface area contributed by atoms with Crippen LogP contribution in [-0.2, 0) is 5.75 Å². The first-order valence-corrected chi connectivity index (χ1v) is 7.43. The Morgan fingerprint density at radius 1 is 1.53 bits per heavy atom. The van der Waals surface area contributed by atoms with E-state index in [0.717, 1.165) is 23.5 Å². The molecule has 0 bridgehead atoms. The Morgan fingerprint density at radius 3 is 2.84 bits per heavy atom. The maximum Gasteiger partial charge on any atom is 0.269 e. The number of benzene rings is 1. The van der Waals surface area contributed by atoms with E-state index in [9.17, 15) is 10.1 Å². The molecule has 0 aliphatic carbocycles. The summed E-state index contributed by atoms with van der Waals surface area (Å²) in [6, 6.07) is 4.89. The number of thioether (sulfide) groups is 1. The lowest BCUT2D eigenvalue weighted by molar-refractivity contribution is -0.384. The zero-order chi connectivity index (χ0) is 14.3. The lowest BCUT2D eigenvalue weighted by atomic mass is 10.2. The molecule has 1 unspecified atom stereocenters. The van der Waals surface area contributed by atoms with Crippen LogP contribution in [0.5, 0.6) is 0 Å². The second kappa shape index (κ2) is 8.01. The molecule has 1 aromatic carbocycles. The first-order valence-electron chi connectivity index (χ1n) is 6.28. The fourth-order valence-corrected chi connectivity index (χ4v) is 2.68. The van der Waals surface area contributed by atoms with Gasteiger partial charge in [-0.25, -0.2) is 0 Å². The van der Waals surface area contributed by atoms with Gasteiger partial charge in [-0.05, 0) is 30.2 Å². The summed E-state index contributed by atoms with van der Waals surface area (Å²) in [4.78, 5) is 10.4. The number of nitro benzene ring substituents is 1. The molecule has 106 valence electrons. The van der Waals surface area contributed by atoms with Crippen LogP contribution in [0.1, 0.15) is 19.4 Å². The van der Waals surface area contributed by atoms with E-state index in [0.29, 0.717) is 5.75 Å². The number of aliphatic hydroxyl groups is 1. The molecule has 2 N–H and O–H groups in total. The Hall–Kier alpha value is -1.27. The zero-order valence-electron chi connectivity index (χ0n) is 11.3. The molecule has 0 aliphatic rings. The average Bonchev–Trinajstić information content (AvgIpc) is 2.40. The Morgan fingerprint density at radius 2 is 2.26 bits per heavy atom. The summed E-state index contributed by atoms with van der Waals surface area (Å²) in [5.41, 5.74) is 2.00. The Bertz CT molecular complexity index is 426. The number of nitrogens with zero attached hydrogens (tertiary/aromatic N) is 1. The second-order valence-electron chi connectivity index (χ2n) is 4.43. The predicted octanol–water partition coefficient (Wildman–Crippen LogP) is 2.89. The zero-order valence-corrected chi connectivity index (χ0v) is 12.1. The van der Waals surface area contributed by atoms with E-state index >= 15 is 0 Å². The summed E-state index contributed by atoms with van der Waals surface area (Å²) in [7, 11) is 0. The van der Waals surface area contributed by atoms with Crippen molar-refractivity contribution >= 4 is 23.1 Å².